The molecule has 0 atom stereocenters. The maximum absolute atomic E-state index is 12.1. The molecule has 27 heavy (non-hydrogen) atoms. The van der Waals surface area contributed by atoms with Gasteiger partial charge in [0.1, 0.15) is 9.88 Å². The lowest BCUT2D eigenvalue weighted by atomic mass is 10.1. The molecule has 9 nitrogen and oxygen atoms in total. The third kappa shape index (κ3) is 6.33. The van der Waals surface area contributed by atoms with Crippen LogP contribution in [-0.4, -0.2) is 69.6 Å². The van der Waals surface area contributed by atoms with Crippen LogP contribution in [-0.2, 0) is 19.1 Å². The highest BCUT2D eigenvalue weighted by Crippen LogP contribution is 2.34. The molecule has 10 heteroatoms. The van der Waals surface area contributed by atoms with E-state index < -0.39 is 23.8 Å². The second kappa shape index (κ2) is 10.6. The first kappa shape index (κ1) is 22.6. The Balaban J connectivity index is 2.92. The molecule has 0 saturated heterocycles. The molecule has 0 aliphatic heterocycles. The minimum Gasteiger partial charge on any atom is -0.465 e. The van der Waals surface area contributed by atoms with E-state index in [1.807, 2.05) is 19.0 Å². The van der Waals surface area contributed by atoms with Gasteiger partial charge in [-0.05, 0) is 46.5 Å². The van der Waals surface area contributed by atoms with Gasteiger partial charge in [0.05, 0.1) is 19.3 Å². The average Bonchev–Trinajstić information content (AvgIpc) is 2.94. The van der Waals surface area contributed by atoms with Crippen molar-refractivity contribution in [1.82, 2.24) is 10.2 Å². The zero-order chi connectivity index (χ0) is 20.6. The minimum atomic E-state index is -0.929. The lowest BCUT2D eigenvalue weighted by Crippen LogP contribution is -2.36. The van der Waals surface area contributed by atoms with E-state index in [1.165, 1.54) is 7.11 Å². The van der Waals surface area contributed by atoms with Crippen molar-refractivity contribution in [3.8, 4) is 0 Å². The van der Waals surface area contributed by atoms with Crippen LogP contribution < -0.4 is 10.6 Å². The first-order chi connectivity index (χ1) is 12.7. The average molecular weight is 399 g/mol. The van der Waals surface area contributed by atoms with Gasteiger partial charge < -0.3 is 25.0 Å². The quantitative estimate of drug-likeness (QED) is 0.381. The normalized spacial score (nSPS) is 10.4. The van der Waals surface area contributed by atoms with E-state index in [2.05, 4.69) is 10.6 Å². The second-order valence-electron chi connectivity index (χ2n) is 5.84. The molecule has 1 heterocycles. The molecule has 1 aromatic heterocycles. The van der Waals surface area contributed by atoms with Crippen molar-refractivity contribution < 1.29 is 28.7 Å². The molecule has 0 bridgehead atoms. The molecule has 0 spiro atoms. The molecule has 0 fully saturated rings. The van der Waals surface area contributed by atoms with Crippen LogP contribution in [0.1, 0.15) is 38.9 Å². The highest BCUT2D eigenvalue weighted by atomic mass is 32.1. The van der Waals surface area contributed by atoms with Gasteiger partial charge in [-0.3, -0.25) is 9.59 Å². The zero-order valence-electron chi connectivity index (χ0n) is 16.1. The van der Waals surface area contributed by atoms with Gasteiger partial charge in [-0.2, -0.15) is 0 Å². The smallest absolute Gasteiger partial charge is 0.348 e. The van der Waals surface area contributed by atoms with Gasteiger partial charge in [-0.15, -0.1) is 11.3 Å². The third-order valence-electron chi connectivity index (χ3n) is 3.50. The van der Waals surface area contributed by atoms with E-state index >= 15 is 0 Å². The Morgan fingerprint density at radius 1 is 1.11 bits per heavy atom. The Hall–Kier alpha value is -2.46. The lowest BCUT2D eigenvalue weighted by molar-refractivity contribution is -0.136. The largest absolute Gasteiger partial charge is 0.465 e. The van der Waals surface area contributed by atoms with Crippen molar-refractivity contribution in [1.29, 1.82) is 0 Å². The Morgan fingerprint density at radius 3 is 2.33 bits per heavy atom. The van der Waals surface area contributed by atoms with Gasteiger partial charge in [0.2, 0.25) is 0 Å². The maximum Gasteiger partial charge on any atom is 0.348 e. The van der Waals surface area contributed by atoms with E-state index in [0.29, 0.717) is 18.5 Å². The predicted molar refractivity (Wildman–Crippen MR) is 101 cm³/mol. The Bertz CT molecular complexity index is 714. The number of esters is 2. The number of methoxy groups -OCH3 is 1. The summed E-state index contributed by atoms with van der Waals surface area (Å²) in [6.07, 6.45) is 0.685. The van der Waals surface area contributed by atoms with Crippen LogP contribution in [0.15, 0.2) is 0 Å². The monoisotopic (exact) mass is 399 g/mol. The van der Waals surface area contributed by atoms with Gasteiger partial charge >= 0.3 is 23.8 Å². The molecule has 2 amide bonds. The Labute approximate surface area is 162 Å². The summed E-state index contributed by atoms with van der Waals surface area (Å²) < 4.78 is 9.66. The predicted octanol–water partition coefficient (Wildman–Crippen LogP) is 1.03. The van der Waals surface area contributed by atoms with Gasteiger partial charge in [0.15, 0.2) is 0 Å². The highest BCUT2D eigenvalue weighted by Gasteiger charge is 2.28. The SMILES string of the molecule is CCOC(=O)c1sc(NC(=O)C(=O)NCCCN(C)C)c(C(=O)OC)c1C. The molecular weight excluding hydrogens is 374 g/mol. The fraction of sp³-hybridized carbons (Fsp3) is 0.529. The van der Waals surface area contributed by atoms with Crippen molar-refractivity contribution in [2.45, 2.75) is 20.3 Å². The number of hydrogen-bond donors (Lipinski definition) is 2. The maximum atomic E-state index is 12.1. The summed E-state index contributed by atoms with van der Waals surface area (Å²) in [5.41, 5.74) is 0.353. The number of amides is 2. The minimum absolute atomic E-state index is 0.0271. The molecule has 0 unspecified atom stereocenters. The summed E-state index contributed by atoms with van der Waals surface area (Å²) in [5.74, 6) is -3.09. The first-order valence-electron chi connectivity index (χ1n) is 8.35. The zero-order valence-corrected chi connectivity index (χ0v) is 16.9. The van der Waals surface area contributed by atoms with E-state index in [-0.39, 0.29) is 22.0 Å². The molecule has 0 saturated carbocycles. The second-order valence-corrected chi connectivity index (χ2v) is 6.86. The summed E-state index contributed by atoms with van der Waals surface area (Å²) in [5, 5.41) is 4.95. The van der Waals surface area contributed by atoms with E-state index in [4.69, 9.17) is 9.47 Å². The van der Waals surface area contributed by atoms with Gasteiger partial charge in [-0.25, -0.2) is 9.59 Å². The number of thiophene rings is 1. The van der Waals surface area contributed by atoms with Crippen LogP contribution in [0, 0.1) is 6.92 Å². The lowest BCUT2D eigenvalue weighted by Gasteiger charge is -2.10. The van der Waals surface area contributed by atoms with Crippen molar-refractivity contribution in [2.24, 2.45) is 0 Å². The summed E-state index contributed by atoms with van der Waals surface area (Å²) in [6, 6.07) is 0. The number of carbonyl (C=O) groups is 4. The molecule has 2 N–H and O–H groups in total. The van der Waals surface area contributed by atoms with Gasteiger partial charge in [0, 0.05) is 6.54 Å². The molecule has 0 aliphatic carbocycles. The fourth-order valence-electron chi connectivity index (χ4n) is 2.18. The summed E-state index contributed by atoms with van der Waals surface area (Å²) in [4.78, 5) is 50.3. The molecule has 0 aliphatic rings. The number of anilines is 1. The third-order valence-corrected chi connectivity index (χ3v) is 4.69. The number of nitrogens with zero attached hydrogens (tertiary/aromatic N) is 1. The van der Waals surface area contributed by atoms with Crippen molar-refractivity contribution in [3.05, 3.63) is 16.0 Å². The molecular formula is C17H25N3O6S. The van der Waals surface area contributed by atoms with Crippen LogP contribution >= 0.6 is 11.3 Å². The Kier molecular flexibility index (Phi) is 8.89. The number of rotatable bonds is 8. The van der Waals surface area contributed by atoms with E-state index in [9.17, 15) is 19.2 Å². The standard InChI is InChI=1S/C17H25N3O6S/c1-6-26-17(24)12-10(2)11(16(23)25-5)15(27-12)19-14(22)13(21)18-8-7-9-20(3)4/h6-9H2,1-5H3,(H,18,21)(H,19,22). The van der Waals surface area contributed by atoms with E-state index in [0.717, 1.165) is 17.9 Å². The van der Waals surface area contributed by atoms with Gasteiger partial charge in [-0.1, -0.05) is 0 Å². The van der Waals surface area contributed by atoms with Crippen molar-refractivity contribution in [3.63, 3.8) is 0 Å². The molecule has 1 aromatic rings. The van der Waals surface area contributed by atoms with Crippen LogP contribution in [0.3, 0.4) is 0 Å². The number of hydrogen-bond acceptors (Lipinski definition) is 8. The highest BCUT2D eigenvalue weighted by molar-refractivity contribution is 7.18. The molecule has 1 rings (SSSR count). The van der Waals surface area contributed by atoms with Crippen LogP contribution in [0.4, 0.5) is 5.00 Å². The van der Waals surface area contributed by atoms with Crippen LogP contribution in [0.2, 0.25) is 0 Å². The van der Waals surface area contributed by atoms with Crippen LogP contribution in [0.25, 0.3) is 0 Å². The van der Waals surface area contributed by atoms with Gasteiger partial charge in [0.25, 0.3) is 0 Å². The summed E-state index contributed by atoms with van der Waals surface area (Å²) in [6.45, 7) is 4.48. The Morgan fingerprint density at radius 2 is 1.78 bits per heavy atom. The topological polar surface area (TPSA) is 114 Å². The van der Waals surface area contributed by atoms with Crippen LogP contribution in [0.5, 0.6) is 0 Å². The first-order valence-corrected chi connectivity index (χ1v) is 9.17. The van der Waals surface area contributed by atoms with Crippen molar-refractivity contribution in [2.75, 3.05) is 46.2 Å². The van der Waals surface area contributed by atoms with Crippen molar-refractivity contribution >= 4 is 40.1 Å². The summed E-state index contributed by atoms with van der Waals surface area (Å²) in [7, 11) is 5.00. The molecule has 0 aromatic carbocycles. The fourth-order valence-corrected chi connectivity index (χ4v) is 3.26. The number of ether oxygens (including phenoxy) is 2. The molecule has 0 radical (unpaired) electrons. The molecule has 150 valence electrons. The summed E-state index contributed by atoms with van der Waals surface area (Å²) >= 11 is 0.862. The van der Waals surface area contributed by atoms with E-state index in [1.54, 1.807) is 13.8 Å². The number of nitrogens with one attached hydrogen (secondary N) is 2. The number of carbonyl (C=O) groups excluding carboxylic acids is 4.